The van der Waals surface area contributed by atoms with Gasteiger partial charge in [-0.05, 0) is 11.5 Å². The number of nitrogens with two attached hydrogens (primary N) is 1. The topological polar surface area (TPSA) is 110 Å². The van der Waals surface area contributed by atoms with E-state index in [1.165, 1.54) is 7.05 Å². The zero-order valence-corrected chi connectivity index (χ0v) is 12.7. The molecule has 21 heavy (non-hydrogen) atoms. The van der Waals surface area contributed by atoms with Crippen LogP contribution in [0.25, 0.3) is 0 Å². The number of aromatic nitrogens is 1. The highest BCUT2D eigenvalue weighted by atomic mass is 32.1. The smallest absolute Gasteiger partial charge is 0.257 e. The molecule has 1 fully saturated rings. The van der Waals surface area contributed by atoms with Gasteiger partial charge in [0.2, 0.25) is 5.91 Å². The molecule has 2 amide bonds. The van der Waals surface area contributed by atoms with Gasteiger partial charge in [0.05, 0.1) is 13.2 Å². The molecule has 0 bridgehead atoms. The number of hydrogen-bond acceptors (Lipinski definition) is 7. The molecule has 1 aliphatic heterocycles. The van der Waals surface area contributed by atoms with Crippen LogP contribution >= 0.6 is 11.5 Å². The standard InChI is InChI=1S/C12H19N5O3S/c1-14-11(19)9-10(13)16-21-12(9)15-3-2-8(18)17-4-6-20-7-5-17/h15H,2-7H2,1H3,(H2,13,16)(H,14,19). The Balaban J connectivity index is 1.86. The van der Waals surface area contributed by atoms with Crippen molar-refractivity contribution in [2.45, 2.75) is 6.42 Å². The van der Waals surface area contributed by atoms with Crippen molar-refractivity contribution in [3.8, 4) is 0 Å². The summed E-state index contributed by atoms with van der Waals surface area (Å²) in [6.45, 7) is 2.88. The van der Waals surface area contributed by atoms with E-state index >= 15 is 0 Å². The van der Waals surface area contributed by atoms with Crippen LogP contribution in [0, 0.1) is 0 Å². The van der Waals surface area contributed by atoms with Gasteiger partial charge in [-0.15, -0.1) is 0 Å². The van der Waals surface area contributed by atoms with Gasteiger partial charge in [0, 0.05) is 33.1 Å². The van der Waals surface area contributed by atoms with Crippen LogP contribution in [-0.4, -0.2) is 61.0 Å². The maximum Gasteiger partial charge on any atom is 0.257 e. The molecular formula is C12H19N5O3S. The second-order valence-corrected chi connectivity index (χ2v) is 5.29. The summed E-state index contributed by atoms with van der Waals surface area (Å²) in [4.78, 5) is 25.5. The Morgan fingerprint density at radius 1 is 1.43 bits per heavy atom. The lowest BCUT2D eigenvalue weighted by Gasteiger charge is -2.26. The molecule has 2 heterocycles. The van der Waals surface area contributed by atoms with Crippen molar-refractivity contribution >= 4 is 34.2 Å². The Labute approximate surface area is 126 Å². The average Bonchev–Trinajstić information content (AvgIpc) is 2.88. The van der Waals surface area contributed by atoms with Crippen LogP contribution in [0.5, 0.6) is 0 Å². The number of ether oxygens (including phenoxy) is 1. The summed E-state index contributed by atoms with van der Waals surface area (Å²) < 4.78 is 9.16. The van der Waals surface area contributed by atoms with Crippen molar-refractivity contribution < 1.29 is 14.3 Å². The van der Waals surface area contributed by atoms with E-state index < -0.39 is 0 Å². The quantitative estimate of drug-likeness (QED) is 0.691. The van der Waals surface area contributed by atoms with Crippen molar-refractivity contribution in [1.29, 1.82) is 0 Å². The van der Waals surface area contributed by atoms with Crippen LogP contribution in [0.1, 0.15) is 16.8 Å². The molecule has 1 aliphatic rings. The molecule has 8 nitrogen and oxygen atoms in total. The summed E-state index contributed by atoms with van der Waals surface area (Å²) in [5.74, 6) is -0.0191. The molecule has 1 aromatic heterocycles. The molecule has 9 heteroatoms. The van der Waals surface area contributed by atoms with Crippen LogP contribution in [-0.2, 0) is 9.53 Å². The van der Waals surface area contributed by atoms with Gasteiger partial charge in [-0.3, -0.25) is 9.59 Å². The van der Waals surface area contributed by atoms with Gasteiger partial charge in [-0.25, -0.2) is 0 Å². The third kappa shape index (κ3) is 3.82. The number of carbonyl (C=O) groups excluding carboxylic acids is 2. The number of nitrogens with zero attached hydrogens (tertiary/aromatic N) is 2. The monoisotopic (exact) mass is 313 g/mol. The van der Waals surface area contributed by atoms with Gasteiger partial charge in [-0.2, -0.15) is 4.37 Å². The second kappa shape index (κ2) is 7.23. The Bertz CT molecular complexity index is 513. The highest BCUT2D eigenvalue weighted by Gasteiger charge is 2.19. The Morgan fingerprint density at radius 2 is 2.14 bits per heavy atom. The van der Waals surface area contributed by atoms with Gasteiger partial charge < -0.3 is 26.0 Å². The van der Waals surface area contributed by atoms with E-state index in [1.807, 2.05) is 0 Å². The number of morpholine rings is 1. The highest BCUT2D eigenvalue weighted by Crippen LogP contribution is 2.26. The molecule has 1 saturated heterocycles. The lowest BCUT2D eigenvalue weighted by Crippen LogP contribution is -2.41. The van der Waals surface area contributed by atoms with E-state index in [9.17, 15) is 9.59 Å². The molecular weight excluding hydrogens is 294 g/mol. The molecule has 0 saturated carbocycles. The molecule has 0 aliphatic carbocycles. The number of amides is 2. The van der Waals surface area contributed by atoms with E-state index in [0.29, 0.717) is 49.8 Å². The minimum atomic E-state index is -0.289. The van der Waals surface area contributed by atoms with Gasteiger partial charge in [0.25, 0.3) is 5.91 Å². The van der Waals surface area contributed by atoms with Gasteiger partial charge in [0.1, 0.15) is 10.6 Å². The molecule has 0 atom stereocenters. The molecule has 0 unspecified atom stereocenters. The van der Waals surface area contributed by atoms with Crippen LogP contribution in [0.3, 0.4) is 0 Å². The van der Waals surface area contributed by atoms with Crippen molar-refractivity contribution in [3.05, 3.63) is 5.56 Å². The Hall–Kier alpha value is -1.87. The predicted octanol–water partition coefficient (Wildman–Crippen LogP) is -0.254. The van der Waals surface area contributed by atoms with E-state index in [1.54, 1.807) is 4.90 Å². The fraction of sp³-hybridized carbons (Fsp3) is 0.583. The zero-order chi connectivity index (χ0) is 15.2. The normalized spacial score (nSPS) is 14.8. The second-order valence-electron chi connectivity index (χ2n) is 4.52. The fourth-order valence-electron chi connectivity index (χ4n) is 2.02. The predicted molar refractivity (Wildman–Crippen MR) is 80.4 cm³/mol. The molecule has 116 valence electrons. The average molecular weight is 313 g/mol. The van der Waals surface area contributed by atoms with Crippen molar-refractivity contribution in [3.63, 3.8) is 0 Å². The van der Waals surface area contributed by atoms with Crippen LogP contribution in [0.2, 0.25) is 0 Å². The first kappa shape index (κ1) is 15.5. The van der Waals surface area contributed by atoms with Gasteiger partial charge >= 0.3 is 0 Å². The number of nitrogens with one attached hydrogen (secondary N) is 2. The maximum atomic E-state index is 12.0. The van der Waals surface area contributed by atoms with Gasteiger partial charge in [-0.1, -0.05) is 0 Å². The number of nitrogen functional groups attached to an aromatic ring is 1. The molecule has 4 N–H and O–H groups in total. The first-order chi connectivity index (χ1) is 10.1. The van der Waals surface area contributed by atoms with Gasteiger partial charge in [0.15, 0.2) is 5.82 Å². The minimum absolute atomic E-state index is 0.0739. The lowest BCUT2D eigenvalue weighted by atomic mass is 10.3. The van der Waals surface area contributed by atoms with Crippen LogP contribution < -0.4 is 16.4 Å². The molecule has 1 aromatic rings. The summed E-state index contributed by atoms with van der Waals surface area (Å²) >= 11 is 1.12. The number of hydrogen-bond donors (Lipinski definition) is 3. The van der Waals surface area contributed by atoms with Crippen molar-refractivity contribution in [1.82, 2.24) is 14.6 Å². The molecule has 0 spiro atoms. The number of carbonyl (C=O) groups is 2. The first-order valence-electron chi connectivity index (χ1n) is 6.70. The zero-order valence-electron chi connectivity index (χ0n) is 11.8. The lowest BCUT2D eigenvalue weighted by molar-refractivity contribution is -0.134. The number of rotatable bonds is 5. The van der Waals surface area contributed by atoms with E-state index in [-0.39, 0.29) is 17.6 Å². The Kier molecular flexibility index (Phi) is 5.34. The van der Waals surface area contributed by atoms with E-state index in [4.69, 9.17) is 10.5 Å². The fourth-order valence-corrected chi connectivity index (χ4v) is 2.76. The summed E-state index contributed by atoms with van der Waals surface area (Å²) in [7, 11) is 1.53. The van der Waals surface area contributed by atoms with Crippen LogP contribution in [0.15, 0.2) is 0 Å². The summed E-state index contributed by atoms with van der Waals surface area (Å²) in [5.41, 5.74) is 6.01. The third-order valence-electron chi connectivity index (χ3n) is 3.16. The molecule has 2 rings (SSSR count). The largest absolute Gasteiger partial charge is 0.382 e. The van der Waals surface area contributed by atoms with Crippen molar-refractivity contribution in [2.24, 2.45) is 0 Å². The summed E-state index contributed by atoms with van der Waals surface area (Å²) in [6.07, 6.45) is 0.352. The molecule has 0 aromatic carbocycles. The molecule has 0 radical (unpaired) electrons. The Morgan fingerprint density at radius 3 is 2.81 bits per heavy atom. The SMILES string of the molecule is CNC(=O)c1c(N)nsc1NCCC(=O)N1CCOCC1. The van der Waals surface area contributed by atoms with Crippen molar-refractivity contribution in [2.75, 3.05) is 50.9 Å². The minimum Gasteiger partial charge on any atom is -0.382 e. The summed E-state index contributed by atoms with van der Waals surface area (Å²) in [6, 6.07) is 0. The third-order valence-corrected chi connectivity index (χ3v) is 3.98. The summed E-state index contributed by atoms with van der Waals surface area (Å²) in [5, 5.41) is 6.16. The first-order valence-corrected chi connectivity index (χ1v) is 7.47. The maximum absolute atomic E-state index is 12.0. The van der Waals surface area contributed by atoms with E-state index in [0.717, 1.165) is 11.5 Å². The highest BCUT2D eigenvalue weighted by molar-refractivity contribution is 7.11. The van der Waals surface area contributed by atoms with E-state index in [2.05, 4.69) is 15.0 Å². The van der Waals surface area contributed by atoms with Crippen LogP contribution in [0.4, 0.5) is 10.8 Å². The number of anilines is 2.